The van der Waals surface area contributed by atoms with E-state index in [2.05, 4.69) is 24.4 Å². The lowest BCUT2D eigenvalue weighted by atomic mass is 10.1. The Labute approximate surface area is 113 Å². The smallest absolute Gasteiger partial charge is 0.123 e. The summed E-state index contributed by atoms with van der Waals surface area (Å²) in [5, 5.41) is 12.2. The van der Waals surface area contributed by atoms with Crippen molar-refractivity contribution in [2.24, 2.45) is 0 Å². The van der Waals surface area contributed by atoms with E-state index in [1.54, 1.807) is 13.2 Å². The zero-order valence-electron chi connectivity index (χ0n) is 11.1. The number of methoxy groups -OCH3 is 1. The lowest BCUT2D eigenvalue weighted by Gasteiger charge is -2.11. The minimum Gasteiger partial charge on any atom is -0.496 e. The summed E-state index contributed by atoms with van der Waals surface area (Å²) in [7, 11) is 1.67. The Bertz CT molecular complexity index is 614. The molecule has 0 unspecified atom stereocenters. The van der Waals surface area contributed by atoms with Gasteiger partial charge >= 0.3 is 0 Å². The molecule has 0 saturated carbocycles. The highest BCUT2D eigenvalue weighted by atomic mass is 16.5. The summed E-state index contributed by atoms with van der Waals surface area (Å²) >= 11 is 0. The number of ether oxygens (including phenoxy) is 1. The number of hydrogen-bond acceptors (Lipinski definition) is 3. The van der Waals surface area contributed by atoms with Gasteiger partial charge in [-0.1, -0.05) is 23.8 Å². The SMILES string of the molecule is COc1ccc(C)cc1CNc1cccc(C#N)c1. The summed E-state index contributed by atoms with van der Waals surface area (Å²) in [4.78, 5) is 0. The quantitative estimate of drug-likeness (QED) is 0.906. The van der Waals surface area contributed by atoms with E-state index in [0.29, 0.717) is 12.1 Å². The van der Waals surface area contributed by atoms with Gasteiger partial charge in [0.15, 0.2) is 0 Å². The highest BCUT2D eigenvalue weighted by molar-refractivity contribution is 5.50. The molecule has 0 atom stereocenters. The molecule has 0 spiro atoms. The minimum atomic E-state index is 0.654. The van der Waals surface area contributed by atoms with E-state index in [9.17, 15) is 0 Å². The molecule has 0 saturated heterocycles. The Hall–Kier alpha value is -2.47. The maximum absolute atomic E-state index is 8.87. The first kappa shape index (κ1) is 13.0. The molecular formula is C16H16N2O. The first-order valence-electron chi connectivity index (χ1n) is 6.10. The highest BCUT2D eigenvalue weighted by Crippen LogP contribution is 2.21. The molecule has 2 aromatic carbocycles. The summed E-state index contributed by atoms with van der Waals surface area (Å²) < 4.78 is 5.34. The van der Waals surface area contributed by atoms with Crippen LogP contribution >= 0.6 is 0 Å². The van der Waals surface area contributed by atoms with Gasteiger partial charge in [0.05, 0.1) is 18.7 Å². The predicted molar refractivity (Wildman–Crippen MR) is 76.2 cm³/mol. The molecule has 0 aliphatic rings. The third-order valence-electron chi connectivity index (χ3n) is 2.91. The van der Waals surface area contributed by atoms with E-state index in [1.807, 2.05) is 30.3 Å². The summed E-state index contributed by atoms with van der Waals surface area (Å²) in [6.07, 6.45) is 0. The van der Waals surface area contributed by atoms with Gasteiger partial charge < -0.3 is 10.1 Å². The molecule has 0 radical (unpaired) electrons. The minimum absolute atomic E-state index is 0.654. The van der Waals surface area contributed by atoms with Crippen LogP contribution < -0.4 is 10.1 Å². The topological polar surface area (TPSA) is 45.0 Å². The number of hydrogen-bond donors (Lipinski definition) is 1. The van der Waals surface area contributed by atoms with Crippen LogP contribution in [-0.4, -0.2) is 7.11 Å². The van der Waals surface area contributed by atoms with Gasteiger partial charge in [0, 0.05) is 17.8 Å². The molecule has 3 nitrogen and oxygen atoms in total. The van der Waals surface area contributed by atoms with Crippen LogP contribution in [0, 0.1) is 18.3 Å². The number of rotatable bonds is 4. The molecular weight excluding hydrogens is 236 g/mol. The highest BCUT2D eigenvalue weighted by Gasteiger charge is 2.03. The zero-order chi connectivity index (χ0) is 13.7. The summed E-state index contributed by atoms with van der Waals surface area (Å²) in [5.74, 6) is 0.870. The number of nitriles is 1. The molecule has 0 fully saturated rings. The van der Waals surface area contributed by atoms with Crippen molar-refractivity contribution < 1.29 is 4.74 Å². The number of aryl methyl sites for hydroxylation is 1. The molecule has 0 heterocycles. The monoisotopic (exact) mass is 252 g/mol. The second-order valence-corrected chi connectivity index (χ2v) is 4.36. The van der Waals surface area contributed by atoms with Crippen LogP contribution in [0.5, 0.6) is 5.75 Å². The molecule has 0 bridgehead atoms. The normalized spacial score (nSPS) is 9.74. The zero-order valence-corrected chi connectivity index (χ0v) is 11.1. The van der Waals surface area contributed by atoms with Gasteiger partial charge in [-0.15, -0.1) is 0 Å². The Morgan fingerprint density at radius 1 is 1.21 bits per heavy atom. The Kier molecular flexibility index (Phi) is 4.04. The fourth-order valence-corrected chi connectivity index (χ4v) is 1.94. The Morgan fingerprint density at radius 3 is 2.79 bits per heavy atom. The molecule has 0 amide bonds. The van der Waals surface area contributed by atoms with Gasteiger partial charge in [-0.25, -0.2) is 0 Å². The van der Waals surface area contributed by atoms with Crippen LogP contribution in [0.3, 0.4) is 0 Å². The van der Waals surface area contributed by atoms with Gasteiger partial charge in [-0.05, 0) is 31.2 Å². The standard InChI is InChI=1S/C16H16N2O/c1-12-6-7-16(19-2)14(8-12)11-18-15-5-3-4-13(9-15)10-17/h3-9,18H,11H2,1-2H3. The summed E-state index contributed by atoms with van der Waals surface area (Å²) in [6.45, 7) is 2.72. The molecule has 3 heteroatoms. The average Bonchev–Trinajstić information content (AvgIpc) is 2.45. The number of anilines is 1. The summed E-state index contributed by atoms with van der Waals surface area (Å²) in [6, 6.07) is 15.7. The molecule has 0 aliphatic heterocycles. The van der Waals surface area contributed by atoms with Gasteiger partial charge in [-0.3, -0.25) is 0 Å². The average molecular weight is 252 g/mol. The Balaban J connectivity index is 2.14. The number of benzene rings is 2. The lowest BCUT2D eigenvalue weighted by molar-refractivity contribution is 0.410. The van der Waals surface area contributed by atoms with Crippen molar-refractivity contribution in [2.75, 3.05) is 12.4 Å². The van der Waals surface area contributed by atoms with Crippen molar-refractivity contribution in [2.45, 2.75) is 13.5 Å². The third kappa shape index (κ3) is 3.26. The first-order chi connectivity index (χ1) is 9.22. The fourth-order valence-electron chi connectivity index (χ4n) is 1.94. The molecule has 96 valence electrons. The van der Waals surface area contributed by atoms with Gasteiger partial charge in [0.2, 0.25) is 0 Å². The molecule has 1 N–H and O–H groups in total. The van der Waals surface area contributed by atoms with Crippen molar-refractivity contribution >= 4 is 5.69 Å². The van der Waals surface area contributed by atoms with Crippen LogP contribution in [0.25, 0.3) is 0 Å². The van der Waals surface area contributed by atoms with Crippen molar-refractivity contribution in [1.29, 1.82) is 5.26 Å². The molecule has 2 aromatic rings. The van der Waals surface area contributed by atoms with Crippen molar-refractivity contribution in [3.63, 3.8) is 0 Å². The molecule has 2 rings (SSSR count). The summed E-state index contributed by atoms with van der Waals surface area (Å²) in [5.41, 5.74) is 3.89. The van der Waals surface area contributed by atoms with Crippen molar-refractivity contribution in [3.8, 4) is 11.8 Å². The molecule has 0 aliphatic carbocycles. The van der Waals surface area contributed by atoms with Crippen LogP contribution in [-0.2, 0) is 6.54 Å². The van der Waals surface area contributed by atoms with Gasteiger partial charge in [-0.2, -0.15) is 5.26 Å². The maximum Gasteiger partial charge on any atom is 0.123 e. The van der Waals surface area contributed by atoms with Crippen LogP contribution in [0.1, 0.15) is 16.7 Å². The van der Waals surface area contributed by atoms with E-state index < -0.39 is 0 Å². The van der Waals surface area contributed by atoms with Crippen molar-refractivity contribution in [3.05, 3.63) is 59.2 Å². The van der Waals surface area contributed by atoms with Gasteiger partial charge in [0.25, 0.3) is 0 Å². The molecule has 0 aromatic heterocycles. The third-order valence-corrected chi connectivity index (χ3v) is 2.91. The van der Waals surface area contributed by atoms with E-state index in [4.69, 9.17) is 10.00 Å². The van der Waals surface area contributed by atoms with E-state index >= 15 is 0 Å². The van der Waals surface area contributed by atoms with E-state index in [0.717, 1.165) is 17.0 Å². The van der Waals surface area contributed by atoms with Crippen LogP contribution in [0.15, 0.2) is 42.5 Å². The van der Waals surface area contributed by atoms with Crippen LogP contribution in [0.2, 0.25) is 0 Å². The van der Waals surface area contributed by atoms with E-state index in [1.165, 1.54) is 5.56 Å². The number of nitrogens with one attached hydrogen (secondary N) is 1. The molecule has 19 heavy (non-hydrogen) atoms. The van der Waals surface area contributed by atoms with E-state index in [-0.39, 0.29) is 0 Å². The van der Waals surface area contributed by atoms with Gasteiger partial charge in [0.1, 0.15) is 5.75 Å². The van der Waals surface area contributed by atoms with Crippen LogP contribution in [0.4, 0.5) is 5.69 Å². The van der Waals surface area contributed by atoms with Crippen molar-refractivity contribution in [1.82, 2.24) is 0 Å². The second-order valence-electron chi connectivity index (χ2n) is 4.36. The fraction of sp³-hybridized carbons (Fsp3) is 0.188. The Morgan fingerprint density at radius 2 is 2.05 bits per heavy atom. The first-order valence-corrected chi connectivity index (χ1v) is 6.10. The largest absolute Gasteiger partial charge is 0.496 e. The lowest BCUT2D eigenvalue weighted by Crippen LogP contribution is -2.02. The maximum atomic E-state index is 8.87. The predicted octanol–water partition coefficient (Wildman–Crippen LogP) is 3.49. The second kappa shape index (κ2) is 5.92. The number of nitrogens with zero attached hydrogens (tertiary/aromatic N) is 1.